The van der Waals surface area contributed by atoms with Crippen LogP contribution in [0.15, 0.2) is 29.2 Å². The molecule has 0 bridgehead atoms. The Labute approximate surface area is 170 Å². The molecule has 7 heteroatoms. The fourth-order valence-electron chi connectivity index (χ4n) is 3.92. The van der Waals surface area contributed by atoms with Crippen LogP contribution in [0, 0.1) is 5.41 Å². The van der Waals surface area contributed by atoms with E-state index in [9.17, 15) is 13.2 Å². The van der Waals surface area contributed by atoms with Gasteiger partial charge in [-0.1, -0.05) is 33.1 Å². The van der Waals surface area contributed by atoms with Crippen molar-refractivity contribution < 1.29 is 13.2 Å². The molecule has 0 unspecified atom stereocenters. The minimum Gasteiger partial charge on any atom is -0.351 e. The number of carbonyl (C=O) groups excluding carboxylic acids is 1. The van der Waals surface area contributed by atoms with Gasteiger partial charge in [0.05, 0.1) is 4.90 Å². The second-order valence-corrected chi connectivity index (χ2v) is 10.9. The van der Waals surface area contributed by atoms with Gasteiger partial charge in [0.15, 0.2) is 0 Å². The van der Waals surface area contributed by atoms with Crippen molar-refractivity contribution in [2.45, 2.75) is 56.9 Å². The highest BCUT2D eigenvalue weighted by Crippen LogP contribution is 2.26. The zero-order chi connectivity index (χ0) is 20.9. The summed E-state index contributed by atoms with van der Waals surface area (Å²) in [6.07, 6.45) is 5.17. The monoisotopic (exact) mass is 409 g/mol. The summed E-state index contributed by atoms with van der Waals surface area (Å²) in [7, 11) is 2.15. The molecule has 2 rings (SSSR count). The molecule has 1 saturated carbocycles. The summed E-state index contributed by atoms with van der Waals surface area (Å²) in [6.45, 7) is 5.61. The van der Waals surface area contributed by atoms with Crippen LogP contribution < -0.4 is 5.32 Å². The van der Waals surface area contributed by atoms with Crippen molar-refractivity contribution in [2.75, 3.05) is 34.2 Å². The summed E-state index contributed by atoms with van der Waals surface area (Å²) >= 11 is 0. The van der Waals surface area contributed by atoms with Crippen molar-refractivity contribution in [3.05, 3.63) is 29.8 Å². The van der Waals surface area contributed by atoms with Crippen LogP contribution in [-0.2, 0) is 10.0 Å². The van der Waals surface area contributed by atoms with E-state index in [2.05, 4.69) is 24.1 Å². The number of hydrogen-bond acceptors (Lipinski definition) is 4. The standard InChI is InChI=1S/C21H35N3O3S/c1-21(2,16-23(3)4)15-22-20(25)17-11-13-19(14-12-17)28(26,27)24(5)18-9-7-6-8-10-18/h11-14,18H,6-10,15-16H2,1-5H3,(H,22,25). The van der Waals surface area contributed by atoms with E-state index in [1.54, 1.807) is 19.2 Å². The number of amides is 1. The van der Waals surface area contributed by atoms with Gasteiger partial charge in [-0.25, -0.2) is 8.42 Å². The molecule has 0 heterocycles. The Bertz CT molecular complexity index is 752. The summed E-state index contributed by atoms with van der Waals surface area (Å²) in [4.78, 5) is 14.8. The van der Waals surface area contributed by atoms with Gasteiger partial charge in [-0.15, -0.1) is 0 Å². The Morgan fingerprint density at radius 2 is 1.64 bits per heavy atom. The summed E-state index contributed by atoms with van der Waals surface area (Å²) in [6, 6.07) is 6.33. The third-order valence-electron chi connectivity index (χ3n) is 5.35. The lowest BCUT2D eigenvalue weighted by Crippen LogP contribution is -2.40. The molecule has 0 saturated heterocycles. The van der Waals surface area contributed by atoms with E-state index >= 15 is 0 Å². The molecule has 1 N–H and O–H groups in total. The first-order valence-corrected chi connectivity index (χ1v) is 11.5. The van der Waals surface area contributed by atoms with Gasteiger partial charge in [-0.2, -0.15) is 4.31 Å². The maximum atomic E-state index is 12.9. The van der Waals surface area contributed by atoms with Crippen LogP contribution in [0.5, 0.6) is 0 Å². The van der Waals surface area contributed by atoms with Crippen LogP contribution in [-0.4, -0.2) is 63.8 Å². The predicted octanol–water partition coefficient (Wildman–Crippen LogP) is 2.96. The normalized spacial score (nSPS) is 16.5. The van der Waals surface area contributed by atoms with Crippen molar-refractivity contribution in [1.29, 1.82) is 0 Å². The van der Waals surface area contributed by atoms with Crippen molar-refractivity contribution in [3.8, 4) is 0 Å². The average molecular weight is 410 g/mol. The lowest BCUT2D eigenvalue weighted by atomic mass is 9.93. The SMILES string of the molecule is CN(C)CC(C)(C)CNC(=O)c1ccc(S(=O)(=O)N(C)C2CCCCC2)cc1. The number of benzene rings is 1. The largest absolute Gasteiger partial charge is 0.351 e. The zero-order valence-electron chi connectivity index (χ0n) is 17.9. The molecule has 0 aliphatic heterocycles. The molecule has 158 valence electrons. The summed E-state index contributed by atoms with van der Waals surface area (Å²) in [5.41, 5.74) is 0.422. The smallest absolute Gasteiger partial charge is 0.251 e. The first kappa shape index (κ1) is 22.8. The number of rotatable bonds is 8. The van der Waals surface area contributed by atoms with Gasteiger partial charge in [-0.3, -0.25) is 4.79 Å². The lowest BCUT2D eigenvalue weighted by Gasteiger charge is -2.30. The molecule has 1 aromatic carbocycles. The van der Waals surface area contributed by atoms with Crippen LogP contribution in [0.2, 0.25) is 0 Å². The van der Waals surface area contributed by atoms with Crippen molar-refractivity contribution in [2.24, 2.45) is 5.41 Å². The highest BCUT2D eigenvalue weighted by atomic mass is 32.2. The number of sulfonamides is 1. The Morgan fingerprint density at radius 3 is 2.18 bits per heavy atom. The molecule has 1 amide bonds. The van der Waals surface area contributed by atoms with E-state index in [-0.39, 0.29) is 22.3 Å². The quantitative estimate of drug-likeness (QED) is 0.717. The Hall–Kier alpha value is -1.44. The Balaban J connectivity index is 2.02. The Morgan fingerprint density at radius 1 is 1.07 bits per heavy atom. The van der Waals surface area contributed by atoms with Gasteiger partial charge < -0.3 is 10.2 Å². The molecule has 0 atom stereocenters. The molecule has 0 spiro atoms. The maximum Gasteiger partial charge on any atom is 0.251 e. The van der Waals surface area contributed by atoms with Crippen molar-refractivity contribution >= 4 is 15.9 Å². The van der Waals surface area contributed by atoms with Gasteiger partial charge in [0.1, 0.15) is 0 Å². The number of nitrogens with zero attached hydrogens (tertiary/aromatic N) is 2. The van der Waals surface area contributed by atoms with Crippen LogP contribution >= 0.6 is 0 Å². The zero-order valence-corrected chi connectivity index (χ0v) is 18.7. The third-order valence-corrected chi connectivity index (χ3v) is 7.28. The molecule has 28 heavy (non-hydrogen) atoms. The topological polar surface area (TPSA) is 69.7 Å². The summed E-state index contributed by atoms with van der Waals surface area (Å²) in [5.74, 6) is -0.184. The fourth-order valence-corrected chi connectivity index (χ4v) is 5.33. The molecule has 1 fully saturated rings. The first-order chi connectivity index (χ1) is 13.0. The second-order valence-electron chi connectivity index (χ2n) is 8.92. The summed E-state index contributed by atoms with van der Waals surface area (Å²) in [5, 5.41) is 2.95. The molecule has 0 aromatic heterocycles. The minimum absolute atomic E-state index is 0.0504. The van der Waals surface area contributed by atoms with Gasteiger partial charge in [0.2, 0.25) is 10.0 Å². The first-order valence-electron chi connectivity index (χ1n) is 10.0. The van der Waals surface area contributed by atoms with Crippen LogP contribution in [0.4, 0.5) is 0 Å². The predicted molar refractivity (Wildman–Crippen MR) is 113 cm³/mol. The molecule has 6 nitrogen and oxygen atoms in total. The van der Waals surface area contributed by atoms with E-state index in [4.69, 9.17) is 0 Å². The van der Waals surface area contributed by atoms with Crippen molar-refractivity contribution in [1.82, 2.24) is 14.5 Å². The fraction of sp³-hybridized carbons (Fsp3) is 0.667. The number of hydrogen-bond donors (Lipinski definition) is 1. The number of nitrogens with one attached hydrogen (secondary N) is 1. The molecule has 1 aliphatic rings. The highest BCUT2D eigenvalue weighted by Gasteiger charge is 2.29. The highest BCUT2D eigenvalue weighted by molar-refractivity contribution is 7.89. The third kappa shape index (κ3) is 6.03. The van der Waals surface area contributed by atoms with Gasteiger partial charge in [0, 0.05) is 31.7 Å². The summed E-state index contributed by atoms with van der Waals surface area (Å²) < 4.78 is 27.3. The Kier molecular flexibility index (Phi) is 7.65. The van der Waals surface area contributed by atoms with Crippen LogP contribution in [0.3, 0.4) is 0 Å². The maximum absolute atomic E-state index is 12.9. The molecule has 0 radical (unpaired) electrons. The average Bonchev–Trinajstić information content (AvgIpc) is 2.65. The van der Waals surface area contributed by atoms with Gasteiger partial charge >= 0.3 is 0 Å². The van der Waals surface area contributed by atoms with Gasteiger partial charge in [0.25, 0.3) is 5.91 Å². The van der Waals surface area contributed by atoms with Crippen molar-refractivity contribution in [3.63, 3.8) is 0 Å². The lowest BCUT2D eigenvalue weighted by molar-refractivity contribution is 0.0929. The second kappa shape index (κ2) is 9.37. The molecular formula is C21H35N3O3S. The molecule has 1 aromatic rings. The molecule has 1 aliphatic carbocycles. The van der Waals surface area contributed by atoms with Gasteiger partial charge in [-0.05, 0) is 56.6 Å². The minimum atomic E-state index is -3.53. The van der Waals surface area contributed by atoms with Crippen LogP contribution in [0.1, 0.15) is 56.3 Å². The number of carbonyl (C=O) groups is 1. The van der Waals surface area contributed by atoms with Crippen LogP contribution in [0.25, 0.3) is 0 Å². The van der Waals surface area contributed by atoms with E-state index in [1.807, 2.05) is 14.1 Å². The van der Waals surface area contributed by atoms with E-state index in [0.29, 0.717) is 12.1 Å². The van der Waals surface area contributed by atoms with E-state index in [0.717, 1.165) is 32.2 Å². The van der Waals surface area contributed by atoms with E-state index < -0.39 is 10.0 Å². The van der Waals surface area contributed by atoms with E-state index in [1.165, 1.54) is 22.9 Å². The molecular weight excluding hydrogens is 374 g/mol.